The van der Waals surface area contributed by atoms with Gasteiger partial charge in [-0.1, -0.05) is 77.8 Å². The summed E-state index contributed by atoms with van der Waals surface area (Å²) in [4.78, 5) is 32.0. The van der Waals surface area contributed by atoms with E-state index in [0.717, 1.165) is 11.8 Å². The predicted molar refractivity (Wildman–Crippen MR) is 156 cm³/mol. The molecule has 2 heterocycles. The Bertz CT molecular complexity index is 1690. The molecule has 0 spiro atoms. The number of amides is 1. The van der Waals surface area contributed by atoms with Gasteiger partial charge in [-0.05, 0) is 54.6 Å². The van der Waals surface area contributed by atoms with E-state index in [2.05, 4.69) is 10.1 Å². The van der Waals surface area contributed by atoms with Crippen LogP contribution < -0.4 is 5.56 Å². The highest BCUT2D eigenvalue weighted by molar-refractivity contribution is 8.18. The molecule has 3 aromatic carbocycles. The summed E-state index contributed by atoms with van der Waals surface area (Å²) in [5.74, 6) is -0.394. The largest absolute Gasteiger partial charge is 0.297 e. The third-order valence-corrected chi connectivity index (χ3v) is 7.57. The Kier molecular flexibility index (Phi) is 7.37. The molecule has 0 aliphatic carbocycles. The van der Waals surface area contributed by atoms with Crippen LogP contribution in [0.2, 0.25) is 10.0 Å². The van der Waals surface area contributed by atoms with Crippen LogP contribution in [0, 0.1) is 6.92 Å². The van der Waals surface area contributed by atoms with Gasteiger partial charge in [0, 0.05) is 22.7 Å². The van der Waals surface area contributed by atoms with Crippen molar-refractivity contribution in [2.24, 2.45) is 17.1 Å². The first-order valence-electron chi connectivity index (χ1n) is 11.5. The lowest BCUT2D eigenvalue weighted by atomic mass is 10.2. The molecule has 1 fully saturated rings. The fraction of sp³-hybridized carbons (Fsp3) is 0.0714. The number of hydrogen-bond acceptors (Lipinski definition) is 5. The molecule has 0 atom stereocenters. The van der Waals surface area contributed by atoms with Gasteiger partial charge >= 0.3 is 0 Å². The SMILES string of the molecule is Cc1c(N=C2S/C(=C/c3ccccc3Cl)C(=O)N2/N=C/c2ccccc2Cl)c(=O)n(-c2ccccc2)n1C. The van der Waals surface area contributed by atoms with Crippen molar-refractivity contribution in [3.8, 4) is 5.69 Å². The molecule has 1 aliphatic rings. The van der Waals surface area contributed by atoms with Crippen LogP contribution in [0.25, 0.3) is 11.8 Å². The van der Waals surface area contributed by atoms with Gasteiger partial charge in [0.25, 0.3) is 11.5 Å². The molecule has 1 saturated heterocycles. The van der Waals surface area contributed by atoms with Crippen molar-refractivity contribution in [2.75, 3.05) is 0 Å². The van der Waals surface area contributed by atoms with Gasteiger partial charge in [0.15, 0.2) is 10.9 Å². The van der Waals surface area contributed by atoms with Gasteiger partial charge in [0.05, 0.1) is 22.5 Å². The van der Waals surface area contributed by atoms with Gasteiger partial charge in [-0.25, -0.2) is 9.67 Å². The number of hydrogen-bond donors (Lipinski definition) is 0. The Morgan fingerprint density at radius 1 is 0.842 bits per heavy atom. The molecule has 4 aromatic rings. The lowest BCUT2D eigenvalue weighted by Crippen LogP contribution is -2.24. The van der Waals surface area contributed by atoms with Gasteiger partial charge < -0.3 is 0 Å². The van der Waals surface area contributed by atoms with E-state index in [1.165, 1.54) is 15.9 Å². The van der Waals surface area contributed by atoms with Crippen LogP contribution in [0.1, 0.15) is 16.8 Å². The first kappa shape index (κ1) is 25.8. The van der Waals surface area contributed by atoms with Crippen LogP contribution >= 0.6 is 35.0 Å². The second kappa shape index (κ2) is 10.9. The van der Waals surface area contributed by atoms with Crippen molar-refractivity contribution in [1.82, 2.24) is 14.4 Å². The molecule has 0 saturated carbocycles. The molecular weight excluding hydrogens is 541 g/mol. The number of nitrogens with zero attached hydrogens (tertiary/aromatic N) is 5. The maximum absolute atomic E-state index is 13.5. The van der Waals surface area contributed by atoms with Crippen molar-refractivity contribution < 1.29 is 4.79 Å². The fourth-order valence-corrected chi connectivity index (χ4v) is 5.14. The van der Waals surface area contributed by atoms with Crippen molar-refractivity contribution in [1.29, 1.82) is 0 Å². The number of amidine groups is 1. The zero-order valence-electron chi connectivity index (χ0n) is 20.4. The van der Waals surface area contributed by atoms with Crippen molar-refractivity contribution in [3.05, 3.63) is 121 Å². The highest BCUT2D eigenvalue weighted by atomic mass is 35.5. The smallest absolute Gasteiger partial charge is 0.283 e. The Balaban J connectivity index is 1.62. The Labute approximate surface area is 233 Å². The molecule has 10 heteroatoms. The van der Waals surface area contributed by atoms with E-state index in [1.807, 2.05) is 60.7 Å². The van der Waals surface area contributed by atoms with Gasteiger partial charge in [-0.15, -0.1) is 0 Å². The monoisotopic (exact) mass is 561 g/mol. The minimum Gasteiger partial charge on any atom is -0.283 e. The predicted octanol–water partition coefficient (Wildman–Crippen LogP) is 6.43. The van der Waals surface area contributed by atoms with Crippen LogP contribution in [0.3, 0.4) is 0 Å². The summed E-state index contributed by atoms with van der Waals surface area (Å²) >= 11 is 13.7. The molecule has 1 amide bonds. The van der Waals surface area contributed by atoms with Crippen molar-refractivity contribution in [3.63, 3.8) is 0 Å². The summed E-state index contributed by atoms with van der Waals surface area (Å²) < 4.78 is 3.27. The molecule has 1 aromatic heterocycles. The van der Waals surface area contributed by atoms with E-state index in [-0.39, 0.29) is 16.4 Å². The molecule has 0 bridgehead atoms. The zero-order chi connectivity index (χ0) is 26.8. The summed E-state index contributed by atoms with van der Waals surface area (Å²) in [6, 6.07) is 23.7. The third kappa shape index (κ3) is 4.98. The quantitative estimate of drug-likeness (QED) is 0.208. The third-order valence-electron chi connectivity index (χ3n) is 5.93. The topological polar surface area (TPSA) is 72.0 Å². The Morgan fingerprint density at radius 2 is 1.45 bits per heavy atom. The molecule has 5 rings (SSSR count). The van der Waals surface area contributed by atoms with E-state index in [0.29, 0.717) is 37.5 Å². The zero-order valence-corrected chi connectivity index (χ0v) is 22.7. The number of aromatic nitrogens is 2. The van der Waals surface area contributed by atoms with E-state index >= 15 is 0 Å². The van der Waals surface area contributed by atoms with E-state index in [1.54, 1.807) is 42.9 Å². The number of para-hydroxylation sites is 1. The molecule has 190 valence electrons. The Morgan fingerprint density at radius 3 is 2.11 bits per heavy atom. The lowest BCUT2D eigenvalue weighted by Gasteiger charge is -2.08. The van der Waals surface area contributed by atoms with Crippen LogP contribution in [-0.4, -0.2) is 31.7 Å². The van der Waals surface area contributed by atoms with Gasteiger partial charge in [0.1, 0.15) is 0 Å². The fourth-order valence-electron chi connectivity index (χ4n) is 3.85. The van der Waals surface area contributed by atoms with E-state index in [9.17, 15) is 9.59 Å². The molecule has 7 nitrogen and oxygen atoms in total. The number of aliphatic imine (C=N–C) groups is 1. The second-order valence-electron chi connectivity index (χ2n) is 8.32. The number of benzene rings is 3. The summed E-state index contributed by atoms with van der Waals surface area (Å²) in [5, 5.41) is 6.82. The standard InChI is InChI=1S/C28H21Cl2N5O2S/c1-18-25(27(37)35(33(18)2)21-12-4-3-5-13-21)32-28-34(31-17-20-11-7-9-15-23(20)30)26(36)24(38-28)16-19-10-6-8-14-22(19)29/h3-17H,1-2H3/b24-16+,31-17+,32-28?. The maximum atomic E-state index is 13.5. The average Bonchev–Trinajstić information content (AvgIpc) is 3.32. The van der Waals surface area contributed by atoms with Crippen LogP contribution in [0.5, 0.6) is 0 Å². The van der Waals surface area contributed by atoms with E-state index < -0.39 is 5.91 Å². The number of halogens is 2. The molecule has 1 aliphatic heterocycles. The summed E-state index contributed by atoms with van der Waals surface area (Å²) in [6.45, 7) is 1.81. The lowest BCUT2D eigenvalue weighted by molar-refractivity contribution is -0.122. The minimum atomic E-state index is -0.394. The maximum Gasteiger partial charge on any atom is 0.297 e. The number of carbonyl (C=O) groups excluding carboxylic acids is 1. The van der Waals surface area contributed by atoms with Crippen LogP contribution in [0.4, 0.5) is 5.69 Å². The summed E-state index contributed by atoms with van der Waals surface area (Å²) in [6.07, 6.45) is 3.19. The number of carbonyl (C=O) groups is 1. The highest BCUT2D eigenvalue weighted by Crippen LogP contribution is 2.35. The first-order valence-corrected chi connectivity index (χ1v) is 13.1. The number of hydrazone groups is 1. The first-order chi connectivity index (χ1) is 18.3. The van der Waals surface area contributed by atoms with E-state index in [4.69, 9.17) is 23.2 Å². The summed E-state index contributed by atoms with van der Waals surface area (Å²) in [5.41, 5.74) is 2.57. The highest BCUT2D eigenvalue weighted by Gasteiger charge is 2.34. The van der Waals surface area contributed by atoms with Gasteiger partial charge in [0.2, 0.25) is 0 Å². The summed E-state index contributed by atoms with van der Waals surface area (Å²) in [7, 11) is 1.79. The van der Waals surface area contributed by atoms with Crippen molar-refractivity contribution >= 4 is 64.0 Å². The molecule has 0 N–H and O–H groups in total. The Hall–Kier alpha value is -3.85. The molecule has 0 radical (unpaired) electrons. The van der Waals surface area contributed by atoms with Crippen LogP contribution in [-0.2, 0) is 11.8 Å². The number of rotatable bonds is 5. The van der Waals surface area contributed by atoms with Gasteiger partial charge in [-0.2, -0.15) is 10.1 Å². The second-order valence-corrected chi connectivity index (χ2v) is 10.1. The van der Waals surface area contributed by atoms with Crippen LogP contribution in [0.15, 0.2) is 98.7 Å². The number of thioether (sulfide) groups is 1. The minimum absolute atomic E-state index is 0.212. The van der Waals surface area contributed by atoms with Crippen molar-refractivity contribution in [2.45, 2.75) is 6.92 Å². The normalized spacial score (nSPS) is 15.9. The van der Waals surface area contributed by atoms with Gasteiger partial charge in [-0.3, -0.25) is 14.3 Å². The molecular formula is C28H21Cl2N5O2S. The molecule has 0 unspecified atom stereocenters. The molecule has 38 heavy (non-hydrogen) atoms. The average molecular weight is 562 g/mol.